The molecule has 0 saturated carbocycles. The van der Waals surface area contributed by atoms with Crippen molar-refractivity contribution in [1.29, 1.82) is 0 Å². The van der Waals surface area contributed by atoms with Crippen molar-refractivity contribution in [2.45, 2.75) is 13.3 Å². The van der Waals surface area contributed by atoms with E-state index in [1.807, 2.05) is 0 Å². The maximum Gasteiger partial charge on any atom is 0.226 e. The summed E-state index contributed by atoms with van der Waals surface area (Å²) in [5.74, 6) is -0.247. The second-order valence-electron chi connectivity index (χ2n) is 5.88. The van der Waals surface area contributed by atoms with Crippen LogP contribution < -0.4 is 5.32 Å². The minimum Gasteiger partial charge on any atom is -0.379 e. The van der Waals surface area contributed by atoms with Gasteiger partial charge in [-0.3, -0.25) is 14.5 Å². The van der Waals surface area contributed by atoms with Crippen LogP contribution in [-0.4, -0.2) is 67.6 Å². The van der Waals surface area contributed by atoms with Crippen molar-refractivity contribution in [3.8, 4) is 0 Å². The number of benzene rings is 1. The maximum absolute atomic E-state index is 12.1. The second-order valence-corrected chi connectivity index (χ2v) is 6.73. The van der Waals surface area contributed by atoms with E-state index < -0.39 is 0 Å². The molecule has 1 aliphatic heterocycles. The number of morpholine rings is 1. The average Bonchev–Trinajstić information content (AvgIpc) is 2.58. The van der Waals surface area contributed by atoms with Crippen LogP contribution >= 0.6 is 23.2 Å². The molecule has 25 heavy (non-hydrogen) atoms. The third kappa shape index (κ3) is 6.82. The molecule has 0 bridgehead atoms. The molecule has 1 aromatic carbocycles. The number of nitrogens with one attached hydrogen (secondary N) is 1. The number of rotatable bonds is 7. The zero-order chi connectivity index (χ0) is 18.2. The summed E-state index contributed by atoms with van der Waals surface area (Å²) in [6.07, 6.45) is 0.200. The van der Waals surface area contributed by atoms with Crippen LogP contribution in [0.2, 0.25) is 10.0 Å². The monoisotopic (exact) mass is 387 g/mol. The first-order valence-corrected chi connectivity index (χ1v) is 9.02. The van der Waals surface area contributed by atoms with Gasteiger partial charge in [-0.05, 0) is 18.2 Å². The number of ether oxygens (including phenoxy) is 1. The standard InChI is InChI=1S/C17H23Cl2N3O3/c1-13(23)22(7-6-21-8-10-25-11-9-21)5-4-17(24)20-16-12-14(18)2-3-15(16)19/h2-3,12H,4-11H2,1H3,(H,20,24). The van der Waals surface area contributed by atoms with Crippen LogP contribution in [0.4, 0.5) is 5.69 Å². The largest absolute Gasteiger partial charge is 0.379 e. The highest BCUT2D eigenvalue weighted by Gasteiger charge is 2.15. The SMILES string of the molecule is CC(=O)N(CCC(=O)Nc1cc(Cl)ccc1Cl)CCN1CCOCC1. The van der Waals surface area contributed by atoms with E-state index >= 15 is 0 Å². The molecule has 1 aromatic rings. The third-order valence-electron chi connectivity index (χ3n) is 4.05. The Balaban J connectivity index is 1.80. The number of carbonyl (C=O) groups excluding carboxylic acids is 2. The van der Waals surface area contributed by atoms with Gasteiger partial charge in [-0.25, -0.2) is 0 Å². The van der Waals surface area contributed by atoms with E-state index in [1.165, 1.54) is 6.92 Å². The Morgan fingerprint density at radius 3 is 2.64 bits per heavy atom. The van der Waals surface area contributed by atoms with Crippen molar-refractivity contribution in [1.82, 2.24) is 9.80 Å². The van der Waals surface area contributed by atoms with Gasteiger partial charge in [0.1, 0.15) is 0 Å². The van der Waals surface area contributed by atoms with E-state index in [0.717, 1.165) is 32.8 Å². The van der Waals surface area contributed by atoms with Gasteiger partial charge < -0.3 is 15.0 Å². The molecule has 0 unspecified atom stereocenters. The fraction of sp³-hybridized carbons (Fsp3) is 0.529. The molecular formula is C17H23Cl2N3O3. The van der Waals surface area contributed by atoms with Crippen molar-refractivity contribution in [3.05, 3.63) is 28.2 Å². The molecule has 138 valence electrons. The zero-order valence-corrected chi connectivity index (χ0v) is 15.8. The van der Waals surface area contributed by atoms with E-state index in [4.69, 9.17) is 27.9 Å². The summed E-state index contributed by atoms with van der Waals surface area (Å²) in [6.45, 7) is 6.46. The predicted octanol–water partition coefficient (Wildman–Crippen LogP) is 2.50. The van der Waals surface area contributed by atoms with Crippen LogP contribution in [0.25, 0.3) is 0 Å². The Kier molecular flexibility index (Phi) is 7.96. The molecule has 1 aliphatic rings. The first-order valence-electron chi connectivity index (χ1n) is 8.26. The molecule has 6 nitrogen and oxygen atoms in total. The molecule has 0 atom stereocenters. The molecule has 1 heterocycles. The Labute approximate surface area is 158 Å². The highest BCUT2D eigenvalue weighted by Crippen LogP contribution is 2.25. The first kappa shape index (κ1) is 20.0. The van der Waals surface area contributed by atoms with Crippen molar-refractivity contribution in [2.24, 2.45) is 0 Å². The minimum atomic E-state index is -0.207. The molecule has 2 rings (SSSR count). The molecule has 1 saturated heterocycles. The number of anilines is 1. The summed E-state index contributed by atoms with van der Waals surface area (Å²) < 4.78 is 5.31. The molecule has 1 N–H and O–H groups in total. The molecule has 0 aromatic heterocycles. The van der Waals surface area contributed by atoms with Crippen LogP contribution in [0.3, 0.4) is 0 Å². The van der Waals surface area contributed by atoms with Crippen LogP contribution in [0, 0.1) is 0 Å². The quantitative estimate of drug-likeness (QED) is 0.780. The predicted molar refractivity (Wildman–Crippen MR) is 99.2 cm³/mol. The Morgan fingerprint density at radius 2 is 1.96 bits per heavy atom. The van der Waals surface area contributed by atoms with Crippen LogP contribution in [0.1, 0.15) is 13.3 Å². The summed E-state index contributed by atoms with van der Waals surface area (Å²) in [5, 5.41) is 3.65. The molecule has 8 heteroatoms. The lowest BCUT2D eigenvalue weighted by Crippen LogP contribution is -2.43. The summed E-state index contributed by atoms with van der Waals surface area (Å²) >= 11 is 11.9. The van der Waals surface area contributed by atoms with Gasteiger partial charge in [0.05, 0.1) is 23.9 Å². The number of amides is 2. The number of nitrogens with zero attached hydrogens (tertiary/aromatic N) is 2. The van der Waals surface area contributed by atoms with Gasteiger partial charge in [0, 0.05) is 51.1 Å². The molecular weight excluding hydrogens is 365 g/mol. The smallest absolute Gasteiger partial charge is 0.226 e. The zero-order valence-electron chi connectivity index (χ0n) is 14.3. The van der Waals surface area contributed by atoms with E-state index in [0.29, 0.717) is 28.8 Å². The summed E-state index contributed by atoms with van der Waals surface area (Å²) in [5.41, 5.74) is 0.474. The van der Waals surface area contributed by atoms with Crippen molar-refractivity contribution >= 4 is 40.7 Å². The van der Waals surface area contributed by atoms with Gasteiger partial charge in [-0.15, -0.1) is 0 Å². The fourth-order valence-electron chi connectivity index (χ4n) is 2.56. The van der Waals surface area contributed by atoms with Gasteiger partial charge >= 0.3 is 0 Å². The maximum atomic E-state index is 12.1. The van der Waals surface area contributed by atoms with Crippen molar-refractivity contribution in [3.63, 3.8) is 0 Å². The fourth-order valence-corrected chi connectivity index (χ4v) is 2.89. The van der Waals surface area contributed by atoms with Gasteiger partial charge in [0.15, 0.2) is 0 Å². The summed E-state index contributed by atoms with van der Waals surface area (Å²) in [7, 11) is 0. The van der Waals surface area contributed by atoms with Crippen LogP contribution in [-0.2, 0) is 14.3 Å². The second kappa shape index (κ2) is 9.97. The van der Waals surface area contributed by atoms with Gasteiger partial charge in [-0.1, -0.05) is 23.2 Å². The van der Waals surface area contributed by atoms with Crippen molar-refractivity contribution < 1.29 is 14.3 Å². The van der Waals surface area contributed by atoms with Crippen LogP contribution in [0.15, 0.2) is 18.2 Å². The highest BCUT2D eigenvalue weighted by molar-refractivity contribution is 6.35. The topological polar surface area (TPSA) is 61.9 Å². The number of carbonyl (C=O) groups is 2. The van der Waals surface area contributed by atoms with Gasteiger partial charge in [0.2, 0.25) is 11.8 Å². The lowest BCUT2D eigenvalue weighted by molar-refractivity contribution is -0.129. The van der Waals surface area contributed by atoms with Gasteiger partial charge in [0.25, 0.3) is 0 Å². The van der Waals surface area contributed by atoms with Crippen LogP contribution in [0.5, 0.6) is 0 Å². The highest BCUT2D eigenvalue weighted by atomic mass is 35.5. The lowest BCUT2D eigenvalue weighted by atomic mass is 10.3. The van der Waals surface area contributed by atoms with E-state index in [9.17, 15) is 9.59 Å². The number of halogens is 2. The van der Waals surface area contributed by atoms with E-state index in [-0.39, 0.29) is 18.2 Å². The first-order chi connectivity index (χ1) is 12.0. The van der Waals surface area contributed by atoms with E-state index in [1.54, 1.807) is 23.1 Å². The molecule has 2 amide bonds. The Hall–Kier alpha value is -1.34. The number of hydrogen-bond acceptors (Lipinski definition) is 4. The molecule has 0 aliphatic carbocycles. The molecule has 0 radical (unpaired) electrons. The van der Waals surface area contributed by atoms with Gasteiger partial charge in [-0.2, -0.15) is 0 Å². The third-order valence-corrected chi connectivity index (χ3v) is 4.61. The van der Waals surface area contributed by atoms with E-state index in [2.05, 4.69) is 10.2 Å². The normalized spacial score (nSPS) is 15.0. The lowest BCUT2D eigenvalue weighted by Gasteiger charge is -2.29. The Morgan fingerprint density at radius 1 is 1.24 bits per heavy atom. The number of hydrogen-bond donors (Lipinski definition) is 1. The summed E-state index contributed by atoms with van der Waals surface area (Å²) in [6, 6.07) is 4.88. The minimum absolute atomic E-state index is 0.0400. The van der Waals surface area contributed by atoms with Crippen molar-refractivity contribution in [2.75, 3.05) is 51.3 Å². The average molecular weight is 388 g/mol. The Bertz CT molecular complexity index is 607. The molecule has 0 spiro atoms. The summed E-state index contributed by atoms with van der Waals surface area (Å²) in [4.78, 5) is 27.9. The molecule has 1 fully saturated rings.